The van der Waals surface area contributed by atoms with Crippen molar-refractivity contribution in [2.45, 2.75) is 4.90 Å². The Bertz CT molecular complexity index is 731. The zero-order chi connectivity index (χ0) is 16.2. The average molecular weight is 364 g/mol. The molecule has 0 atom stereocenters. The molecule has 8 heteroatoms. The SMILES string of the molecule is O=S(=O)(NCCOc1ccc(F)cc1)c1c(Cl)cccc1Cl. The monoisotopic (exact) mass is 363 g/mol. The van der Waals surface area contributed by atoms with Crippen LogP contribution in [-0.2, 0) is 10.0 Å². The molecule has 118 valence electrons. The van der Waals surface area contributed by atoms with Gasteiger partial charge in [0.2, 0.25) is 10.0 Å². The molecular formula is C14H12Cl2FNO3S. The van der Waals surface area contributed by atoms with Gasteiger partial charge in [0, 0.05) is 6.54 Å². The van der Waals surface area contributed by atoms with Crippen molar-refractivity contribution in [3.63, 3.8) is 0 Å². The predicted octanol–water partition coefficient (Wildman–Crippen LogP) is 3.49. The fourth-order valence-electron chi connectivity index (χ4n) is 1.69. The summed E-state index contributed by atoms with van der Waals surface area (Å²) < 4.78 is 44.6. The summed E-state index contributed by atoms with van der Waals surface area (Å²) in [6.07, 6.45) is 0. The third-order valence-corrected chi connectivity index (χ3v) is 5.08. The van der Waals surface area contributed by atoms with Crippen LogP contribution in [0.25, 0.3) is 0 Å². The van der Waals surface area contributed by atoms with E-state index in [-0.39, 0.29) is 33.9 Å². The summed E-state index contributed by atoms with van der Waals surface area (Å²) in [6, 6.07) is 9.85. The number of sulfonamides is 1. The fourth-order valence-corrected chi connectivity index (χ4v) is 3.84. The van der Waals surface area contributed by atoms with Crippen molar-refractivity contribution in [2.75, 3.05) is 13.2 Å². The lowest BCUT2D eigenvalue weighted by atomic mass is 10.3. The van der Waals surface area contributed by atoms with E-state index in [1.54, 1.807) is 6.07 Å². The number of hydrogen-bond donors (Lipinski definition) is 1. The summed E-state index contributed by atoms with van der Waals surface area (Å²) in [5.74, 6) is 0.0674. The molecular weight excluding hydrogens is 352 g/mol. The van der Waals surface area contributed by atoms with Crippen LogP contribution in [-0.4, -0.2) is 21.6 Å². The first kappa shape index (κ1) is 17.0. The molecule has 0 bridgehead atoms. The quantitative estimate of drug-likeness (QED) is 0.799. The molecule has 4 nitrogen and oxygen atoms in total. The van der Waals surface area contributed by atoms with Crippen LogP contribution in [0.5, 0.6) is 5.75 Å². The highest BCUT2D eigenvalue weighted by Crippen LogP contribution is 2.28. The van der Waals surface area contributed by atoms with Crippen LogP contribution >= 0.6 is 23.2 Å². The van der Waals surface area contributed by atoms with Crippen LogP contribution in [0.4, 0.5) is 4.39 Å². The van der Waals surface area contributed by atoms with E-state index in [0.29, 0.717) is 5.75 Å². The second-order valence-corrected chi connectivity index (χ2v) is 6.77. The Morgan fingerprint density at radius 1 is 1.05 bits per heavy atom. The number of benzene rings is 2. The summed E-state index contributed by atoms with van der Waals surface area (Å²) >= 11 is 11.7. The number of hydrogen-bond acceptors (Lipinski definition) is 3. The fraction of sp³-hybridized carbons (Fsp3) is 0.143. The van der Waals surface area contributed by atoms with E-state index in [1.807, 2.05) is 0 Å². The van der Waals surface area contributed by atoms with E-state index in [9.17, 15) is 12.8 Å². The van der Waals surface area contributed by atoms with Gasteiger partial charge in [-0.05, 0) is 36.4 Å². The number of ether oxygens (including phenoxy) is 1. The van der Waals surface area contributed by atoms with E-state index < -0.39 is 10.0 Å². The minimum atomic E-state index is -3.84. The minimum absolute atomic E-state index is 0.0151. The predicted molar refractivity (Wildman–Crippen MR) is 83.5 cm³/mol. The standard InChI is InChI=1S/C14H12Cl2FNO3S/c15-12-2-1-3-13(16)14(12)22(19,20)18-8-9-21-11-6-4-10(17)5-7-11/h1-7,18H,8-9H2. The van der Waals surface area contributed by atoms with Gasteiger partial charge in [-0.15, -0.1) is 0 Å². The van der Waals surface area contributed by atoms with Crippen LogP contribution in [0.1, 0.15) is 0 Å². The van der Waals surface area contributed by atoms with Gasteiger partial charge in [0.25, 0.3) is 0 Å². The first-order valence-electron chi connectivity index (χ1n) is 6.22. The number of nitrogens with one attached hydrogen (secondary N) is 1. The van der Waals surface area contributed by atoms with E-state index in [0.717, 1.165) is 0 Å². The van der Waals surface area contributed by atoms with Crippen LogP contribution in [0.3, 0.4) is 0 Å². The maximum Gasteiger partial charge on any atom is 0.243 e. The van der Waals surface area contributed by atoms with E-state index in [4.69, 9.17) is 27.9 Å². The Balaban J connectivity index is 1.94. The van der Waals surface area contributed by atoms with Gasteiger partial charge in [0.1, 0.15) is 23.1 Å². The molecule has 0 spiro atoms. The van der Waals surface area contributed by atoms with Gasteiger partial charge in [0.15, 0.2) is 0 Å². The Kier molecular flexibility index (Phi) is 5.63. The Morgan fingerprint density at radius 3 is 2.23 bits per heavy atom. The molecule has 0 aliphatic rings. The topological polar surface area (TPSA) is 55.4 Å². The van der Waals surface area contributed by atoms with Crippen LogP contribution in [0.15, 0.2) is 47.4 Å². The van der Waals surface area contributed by atoms with Crippen molar-refractivity contribution in [3.05, 3.63) is 58.3 Å². The molecule has 0 saturated heterocycles. The van der Waals surface area contributed by atoms with Crippen molar-refractivity contribution in [1.29, 1.82) is 0 Å². The maximum atomic E-state index is 12.7. The molecule has 0 aliphatic heterocycles. The molecule has 0 radical (unpaired) electrons. The zero-order valence-electron chi connectivity index (χ0n) is 11.2. The van der Waals surface area contributed by atoms with Crippen molar-refractivity contribution in [2.24, 2.45) is 0 Å². The summed E-state index contributed by atoms with van der Waals surface area (Å²) in [7, 11) is -3.84. The van der Waals surface area contributed by atoms with Gasteiger partial charge < -0.3 is 4.74 Å². The Labute approximate surface area is 137 Å². The van der Waals surface area contributed by atoms with Gasteiger partial charge >= 0.3 is 0 Å². The molecule has 0 aromatic heterocycles. The highest BCUT2D eigenvalue weighted by Gasteiger charge is 2.20. The second-order valence-electron chi connectivity index (χ2n) is 4.25. The summed E-state index contributed by atoms with van der Waals surface area (Å²) in [4.78, 5) is -0.167. The maximum absolute atomic E-state index is 12.7. The van der Waals surface area contributed by atoms with Gasteiger partial charge in [-0.1, -0.05) is 29.3 Å². The van der Waals surface area contributed by atoms with Crippen LogP contribution in [0.2, 0.25) is 10.0 Å². The molecule has 0 unspecified atom stereocenters. The Hall–Kier alpha value is -1.34. The zero-order valence-corrected chi connectivity index (χ0v) is 13.6. The molecule has 2 aromatic rings. The highest BCUT2D eigenvalue weighted by atomic mass is 35.5. The lowest BCUT2D eigenvalue weighted by Gasteiger charge is -2.10. The van der Waals surface area contributed by atoms with Crippen LogP contribution in [0, 0.1) is 5.82 Å². The number of rotatable bonds is 6. The number of halogens is 3. The van der Waals surface area contributed by atoms with E-state index >= 15 is 0 Å². The van der Waals surface area contributed by atoms with E-state index in [1.165, 1.54) is 36.4 Å². The van der Waals surface area contributed by atoms with Gasteiger partial charge in [0.05, 0.1) is 10.0 Å². The van der Waals surface area contributed by atoms with Crippen molar-refractivity contribution in [1.82, 2.24) is 4.72 Å². The average Bonchev–Trinajstić information content (AvgIpc) is 2.45. The molecule has 2 aromatic carbocycles. The summed E-state index contributed by atoms with van der Waals surface area (Å²) in [6.45, 7) is 0.0915. The van der Waals surface area contributed by atoms with E-state index in [2.05, 4.69) is 4.72 Å². The molecule has 0 amide bonds. The molecule has 1 N–H and O–H groups in total. The lowest BCUT2D eigenvalue weighted by molar-refractivity contribution is 0.322. The first-order valence-corrected chi connectivity index (χ1v) is 8.46. The van der Waals surface area contributed by atoms with Gasteiger partial charge in [-0.2, -0.15) is 0 Å². The van der Waals surface area contributed by atoms with Crippen molar-refractivity contribution < 1.29 is 17.5 Å². The highest BCUT2D eigenvalue weighted by molar-refractivity contribution is 7.89. The van der Waals surface area contributed by atoms with Crippen molar-refractivity contribution >= 4 is 33.2 Å². The van der Waals surface area contributed by atoms with Gasteiger partial charge in [-0.3, -0.25) is 0 Å². The smallest absolute Gasteiger partial charge is 0.243 e. The van der Waals surface area contributed by atoms with Gasteiger partial charge in [-0.25, -0.2) is 17.5 Å². The largest absolute Gasteiger partial charge is 0.492 e. The molecule has 2 rings (SSSR count). The first-order chi connectivity index (χ1) is 10.4. The molecule has 0 aliphatic carbocycles. The summed E-state index contributed by atoms with van der Waals surface area (Å²) in [5, 5.41) is 0.0823. The summed E-state index contributed by atoms with van der Waals surface area (Å²) in [5.41, 5.74) is 0. The lowest BCUT2D eigenvalue weighted by Crippen LogP contribution is -2.28. The third-order valence-electron chi connectivity index (χ3n) is 2.66. The van der Waals surface area contributed by atoms with Crippen molar-refractivity contribution in [3.8, 4) is 5.75 Å². The van der Waals surface area contributed by atoms with Crippen LogP contribution < -0.4 is 9.46 Å². The molecule has 0 saturated carbocycles. The Morgan fingerprint density at radius 2 is 1.64 bits per heavy atom. The molecule has 22 heavy (non-hydrogen) atoms. The third kappa shape index (κ3) is 4.33. The normalized spacial score (nSPS) is 11.4. The molecule has 0 fully saturated rings. The minimum Gasteiger partial charge on any atom is -0.492 e. The molecule has 0 heterocycles. The second kappa shape index (κ2) is 7.28.